The molecule has 0 amide bonds. The molecule has 1 saturated heterocycles. The highest BCUT2D eigenvalue weighted by molar-refractivity contribution is 5.50. The van der Waals surface area contributed by atoms with Gasteiger partial charge in [0.05, 0.1) is 6.10 Å². The van der Waals surface area contributed by atoms with Crippen molar-refractivity contribution < 1.29 is 5.11 Å². The van der Waals surface area contributed by atoms with Crippen LogP contribution in [-0.4, -0.2) is 43.9 Å². The number of nitrogens with one attached hydrogen (secondary N) is 1. The van der Waals surface area contributed by atoms with Crippen molar-refractivity contribution in [2.24, 2.45) is 5.92 Å². The van der Waals surface area contributed by atoms with Gasteiger partial charge in [-0.25, -0.2) is 19.3 Å². The summed E-state index contributed by atoms with van der Waals surface area (Å²) in [6, 6.07) is 1.81. The van der Waals surface area contributed by atoms with Crippen LogP contribution in [0.5, 0.6) is 0 Å². The number of piperidine rings is 1. The Bertz CT molecular complexity index is 624. The quantitative estimate of drug-likeness (QED) is 0.797. The van der Waals surface area contributed by atoms with E-state index in [2.05, 4.69) is 20.1 Å². The molecule has 2 aromatic rings. The summed E-state index contributed by atoms with van der Waals surface area (Å²) in [5.41, 5.74) is 0.300. The van der Waals surface area contributed by atoms with E-state index >= 15 is 0 Å². The third-order valence-electron chi connectivity index (χ3n) is 3.84. The lowest BCUT2D eigenvalue weighted by atomic mass is 9.92. The summed E-state index contributed by atoms with van der Waals surface area (Å²) in [7, 11) is 0. The molecule has 0 bridgehead atoms. The molecule has 0 aliphatic carbocycles. The molecule has 2 N–H and O–H groups in total. The van der Waals surface area contributed by atoms with Crippen LogP contribution in [0.4, 0.5) is 5.82 Å². The highest BCUT2D eigenvalue weighted by Gasteiger charge is 2.23. The molecule has 1 fully saturated rings. The second-order valence-electron chi connectivity index (χ2n) is 5.07. The standard InChI is InChI=1S/C12H17N5O2/c1-8(18)9-2-4-16(5-3-9)10-6-11-14-15-12(19)17(11)7-13-10/h6-9,18H,2-5H2,1H3,(H,15,19). The van der Waals surface area contributed by atoms with Crippen LogP contribution < -0.4 is 10.6 Å². The van der Waals surface area contributed by atoms with Gasteiger partial charge in [-0.15, -0.1) is 0 Å². The van der Waals surface area contributed by atoms with Crippen LogP contribution in [0.3, 0.4) is 0 Å². The van der Waals surface area contributed by atoms with Crippen molar-refractivity contribution >= 4 is 11.5 Å². The van der Waals surface area contributed by atoms with Crippen LogP contribution in [0.15, 0.2) is 17.2 Å². The molecule has 19 heavy (non-hydrogen) atoms. The third-order valence-corrected chi connectivity index (χ3v) is 3.84. The lowest BCUT2D eigenvalue weighted by Gasteiger charge is -2.33. The van der Waals surface area contributed by atoms with Crippen LogP contribution in [0.25, 0.3) is 5.65 Å². The minimum atomic E-state index is -0.276. The SMILES string of the molecule is CC(O)C1CCN(c2cc3n[nH]c(=O)n3cn2)CC1. The second kappa shape index (κ2) is 4.65. The highest BCUT2D eigenvalue weighted by Crippen LogP contribution is 2.24. The number of aromatic nitrogens is 4. The largest absolute Gasteiger partial charge is 0.393 e. The number of rotatable bonds is 2. The Morgan fingerprint density at radius 1 is 1.47 bits per heavy atom. The van der Waals surface area contributed by atoms with Crippen molar-refractivity contribution in [3.05, 3.63) is 22.9 Å². The van der Waals surface area contributed by atoms with Gasteiger partial charge in [-0.2, -0.15) is 5.10 Å². The minimum Gasteiger partial charge on any atom is -0.393 e. The van der Waals surface area contributed by atoms with Gasteiger partial charge in [0.1, 0.15) is 12.1 Å². The number of hydrogen-bond acceptors (Lipinski definition) is 5. The van der Waals surface area contributed by atoms with E-state index in [1.165, 1.54) is 10.7 Å². The summed E-state index contributed by atoms with van der Waals surface area (Å²) in [5.74, 6) is 1.20. The first kappa shape index (κ1) is 12.2. The summed E-state index contributed by atoms with van der Waals surface area (Å²) in [5, 5.41) is 15.9. The molecule has 3 rings (SSSR count). The van der Waals surface area contributed by atoms with Crippen molar-refractivity contribution in [3.63, 3.8) is 0 Å². The molecule has 1 aliphatic rings. The number of aromatic amines is 1. The molecule has 2 aromatic heterocycles. The molecule has 7 nitrogen and oxygen atoms in total. The fourth-order valence-electron chi connectivity index (χ4n) is 2.58. The number of hydrogen-bond donors (Lipinski definition) is 2. The molecule has 3 heterocycles. The van der Waals surface area contributed by atoms with Gasteiger partial charge in [0.25, 0.3) is 0 Å². The topological polar surface area (TPSA) is 86.5 Å². The molecule has 0 aromatic carbocycles. The summed E-state index contributed by atoms with van der Waals surface area (Å²) in [6.45, 7) is 3.58. The molecule has 1 unspecified atom stereocenters. The van der Waals surface area contributed by atoms with Crippen molar-refractivity contribution in [1.29, 1.82) is 0 Å². The maximum Gasteiger partial charge on any atom is 0.348 e. The number of anilines is 1. The van der Waals surface area contributed by atoms with Crippen LogP contribution in [0, 0.1) is 5.92 Å². The van der Waals surface area contributed by atoms with Gasteiger partial charge in [-0.1, -0.05) is 0 Å². The Kier molecular flexibility index (Phi) is 2.98. The average Bonchev–Trinajstić information content (AvgIpc) is 2.80. The van der Waals surface area contributed by atoms with Gasteiger partial charge < -0.3 is 10.0 Å². The van der Waals surface area contributed by atoms with Gasteiger partial charge in [0.15, 0.2) is 5.65 Å². The van der Waals surface area contributed by atoms with E-state index in [4.69, 9.17) is 0 Å². The van der Waals surface area contributed by atoms with Crippen molar-refractivity contribution in [2.45, 2.75) is 25.9 Å². The fourth-order valence-corrected chi connectivity index (χ4v) is 2.58. The molecule has 0 radical (unpaired) electrons. The molecular weight excluding hydrogens is 246 g/mol. The molecule has 7 heteroatoms. The van der Waals surface area contributed by atoms with Gasteiger partial charge in [-0.05, 0) is 25.7 Å². The van der Waals surface area contributed by atoms with Gasteiger partial charge in [0.2, 0.25) is 0 Å². The first-order chi connectivity index (χ1) is 9.15. The molecule has 0 saturated carbocycles. The van der Waals surface area contributed by atoms with Crippen LogP contribution in [0.2, 0.25) is 0 Å². The van der Waals surface area contributed by atoms with Crippen molar-refractivity contribution in [1.82, 2.24) is 19.6 Å². The summed E-state index contributed by atoms with van der Waals surface area (Å²) < 4.78 is 1.38. The van der Waals surface area contributed by atoms with E-state index in [1.807, 2.05) is 6.92 Å². The molecule has 102 valence electrons. The molecular formula is C12H17N5O2. The molecule has 1 atom stereocenters. The van der Waals surface area contributed by atoms with Crippen molar-refractivity contribution in [2.75, 3.05) is 18.0 Å². The zero-order chi connectivity index (χ0) is 13.4. The smallest absolute Gasteiger partial charge is 0.348 e. The van der Waals surface area contributed by atoms with E-state index in [0.29, 0.717) is 11.6 Å². The lowest BCUT2D eigenvalue weighted by Crippen LogP contribution is -2.37. The maximum absolute atomic E-state index is 11.3. The van der Waals surface area contributed by atoms with E-state index in [-0.39, 0.29) is 11.8 Å². The Balaban J connectivity index is 1.80. The van der Waals surface area contributed by atoms with E-state index in [9.17, 15) is 9.90 Å². The zero-order valence-corrected chi connectivity index (χ0v) is 10.8. The third kappa shape index (κ3) is 2.21. The van der Waals surface area contributed by atoms with Crippen LogP contribution in [0.1, 0.15) is 19.8 Å². The number of aliphatic hydroxyl groups excluding tert-OH is 1. The molecule has 1 aliphatic heterocycles. The normalized spacial score (nSPS) is 18.9. The number of fused-ring (bicyclic) bond motifs is 1. The predicted molar refractivity (Wildman–Crippen MR) is 70.2 cm³/mol. The Morgan fingerprint density at radius 3 is 2.89 bits per heavy atom. The number of nitrogens with zero attached hydrogens (tertiary/aromatic N) is 4. The monoisotopic (exact) mass is 263 g/mol. The predicted octanol–water partition coefficient (Wildman–Crippen LogP) is 0.0148. The van der Waals surface area contributed by atoms with E-state index in [1.54, 1.807) is 6.07 Å². The summed E-state index contributed by atoms with van der Waals surface area (Å²) >= 11 is 0. The Hall–Kier alpha value is -1.89. The fraction of sp³-hybridized carbons (Fsp3) is 0.583. The molecule has 0 spiro atoms. The van der Waals surface area contributed by atoms with E-state index in [0.717, 1.165) is 31.7 Å². The first-order valence-corrected chi connectivity index (χ1v) is 6.51. The maximum atomic E-state index is 11.3. The lowest BCUT2D eigenvalue weighted by molar-refractivity contribution is 0.110. The van der Waals surface area contributed by atoms with Crippen molar-refractivity contribution in [3.8, 4) is 0 Å². The number of H-pyrrole nitrogens is 1. The summed E-state index contributed by atoms with van der Waals surface area (Å²) in [6.07, 6.45) is 3.16. The van der Waals surface area contributed by atoms with Gasteiger partial charge >= 0.3 is 5.69 Å². The average molecular weight is 263 g/mol. The minimum absolute atomic E-state index is 0.248. The van der Waals surface area contributed by atoms with Gasteiger partial charge in [0, 0.05) is 19.2 Å². The highest BCUT2D eigenvalue weighted by atomic mass is 16.3. The Labute approximate surface area is 109 Å². The van der Waals surface area contributed by atoms with Crippen LogP contribution in [-0.2, 0) is 0 Å². The zero-order valence-electron chi connectivity index (χ0n) is 10.8. The van der Waals surface area contributed by atoms with Crippen LogP contribution >= 0.6 is 0 Å². The number of aliphatic hydroxyl groups is 1. The first-order valence-electron chi connectivity index (χ1n) is 6.51. The Morgan fingerprint density at radius 2 is 2.21 bits per heavy atom. The van der Waals surface area contributed by atoms with E-state index < -0.39 is 0 Å². The summed E-state index contributed by atoms with van der Waals surface area (Å²) in [4.78, 5) is 17.8. The van der Waals surface area contributed by atoms with Gasteiger partial charge in [-0.3, -0.25) is 0 Å². The second-order valence-corrected chi connectivity index (χ2v) is 5.07.